The minimum absolute atomic E-state index is 0.0148. The van der Waals surface area contributed by atoms with Crippen molar-refractivity contribution in [2.24, 2.45) is 11.7 Å². The summed E-state index contributed by atoms with van der Waals surface area (Å²) in [5, 5.41) is 10.4. The zero-order valence-corrected chi connectivity index (χ0v) is 22.8. The second-order valence-electron chi connectivity index (χ2n) is 10.8. The molecule has 210 valence electrons. The molecular weight excluding hydrogens is 486 g/mol. The molecule has 4 rings (SSSR count). The van der Waals surface area contributed by atoms with Crippen LogP contribution in [0.2, 0.25) is 0 Å². The Balaban J connectivity index is 1.57. The largest absolute Gasteiger partial charge is 0.493 e. The number of urea groups is 1. The van der Waals surface area contributed by atoms with E-state index in [9.17, 15) is 19.5 Å². The van der Waals surface area contributed by atoms with Crippen molar-refractivity contribution < 1.29 is 24.2 Å². The van der Waals surface area contributed by atoms with Gasteiger partial charge in [0.05, 0.1) is 19.1 Å². The Kier molecular flexibility index (Phi) is 9.49. The number of hydrogen-bond acceptors (Lipinski definition) is 6. The van der Waals surface area contributed by atoms with E-state index in [0.29, 0.717) is 58.8 Å². The van der Waals surface area contributed by atoms with Crippen LogP contribution in [-0.2, 0) is 16.0 Å². The number of hydrogen-bond donors (Lipinski definition) is 2. The van der Waals surface area contributed by atoms with E-state index < -0.39 is 11.9 Å². The van der Waals surface area contributed by atoms with E-state index >= 15 is 0 Å². The van der Waals surface area contributed by atoms with Gasteiger partial charge in [0.15, 0.2) is 0 Å². The molecule has 2 saturated heterocycles. The summed E-state index contributed by atoms with van der Waals surface area (Å²) in [6, 6.07) is 5.62. The number of carbonyl (C=O) groups excluding carboxylic acids is 2. The highest BCUT2D eigenvalue weighted by atomic mass is 16.5. The number of carboxylic acids is 1. The van der Waals surface area contributed by atoms with E-state index in [1.165, 1.54) is 0 Å². The van der Waals surface area contributed by atoms with Crippen LogP contribution in [0.1, 0.15) is 49.7 Å². The SMILES string of the molecule is CCCCN(CCCN)C(=O)CN1C[C@H](c2ccc3c(c2)CCO3)C(C(=O)O)[C@@H]1CCN1CCN(C)C1=O. The van der Waals surface area contributed by atoms with Crippen molar-refractivity contribution in [3.63, 3.8) is 0 Å². The number of carbonyl (C=O) groups is 3. The van der Waals surface area contributed by atoms with Crippen LogP contribution < -0.4 is 10.5 Å². The van der Waals surface area contributed by atoms with Crippen molar-refractivity contribution in [3.8, 4) is 5.75 Å². The van der Waals surface area contributed by atoms with E-state index in [-0.39, 0.29) is 30.4 Å². The molecule has 3 amide bonds. The van der Waals surface area contributed by atoms with E-state index in [2.05, 4.69) is 17.9 Å². The predicted molar refractivity (Wildman–Crippen MR) is 144 cm³/mol. The second-order valence-corrected chi connectivity index (χ2v) is 10.8. The summed E-state index contributed by atoms with van der Waals surface area (Å²) in [5.74, 6) is -0.901. The molecule has 3 heterocycles. The van der Waals surface area contributed by atoms with Crippen LogP contribution in [0.15, 0.2) is 18.2 Å². The molecule has 0 bridgehead atoms. The van der Waals surface area contributed by atoms with Crippen molar-refractivity contribution in [3.05, 3.63) is 29.3 Å². The lowest BCUT2D eigenvalue weighted by Crippen LogP contribution is -2.46. The molecule has 1 aromatic rings. The number of nitrogens with zero attached hydrogens (tertiary/aromatic N) is 4. The van der Waals surface area contributed by atoms with Gasteiger partial charge in [-0.05, 0) is 43.0 Å². The van der Waals surface area contributed by atoms with Crippen LogP contribution in [0, 0.1) is 5.92 Å². The molecule has 0 aliphatic carbocycles. The summed E-state index contributed by atoms with van der Waals surface area (Å²) in [6.07, 6.45) is 3.97. The van der Waals surface area contributed by atoms with Crippen molar-refractivity contribution in [1.29, 1.82) is 0 Å². The predicted octanol–water partition coefficient (Wildman–Crippen LogP) is 1.83. The zero-order valence-electron chi connectivity index (χ0n) is 22.8. The Hall–Kier alpha value is -2.85. The number of aliphatic carboxylic acids is 1. The Morgan fingerprint density at radius 3 is 2.68 bits per heavy atom. The van der Waals surface area contributed by atoms with Gasteiger partial charge >= 0.3 is 12.0 Å². The number of likely N-dealkylation sites (N-methyl/N-ethyl adjacent to an activating group) is 1. The maximum absolute atomic E-state index is 13.5. The van der Waals surface area contributed by atoms with Crippen LogP contribution in [0.3, 0.4) is 0 Å². The molecule has 3 aliphatic rings. The number of unbranched alkanes of at least 4 members (excludes halogenated alkanes) is 1. The maximum atomic E-state index is 13.5. The maximum Gasteiger partial charge on any atom is 0.319 e. The lowest BCUT2D eigenvalue weighted by Gasteiger charge is -2.30. The van der Waals surface area contributed by atoms with Crippen molar-refractivity contribution in [2.45, 2.75) is 51.0 Å². The molecule has 0 spiro atoms. The summed E-state index contributed by atoms with van der Waals surface area (Å²) >= 11 is 0. The molecule has 0 saturated carbocycles. The minimum Gasteiger partial charge on any atom is -0.493 e. The molecule has 2 fully saturated rings. The number of amides is 3. The van der Waals surface area contributed by atoms with Crippen LogP contribution in [0.4, 0.5) is 4.79 Å². The van der Waals surface area contributed by atoms with Crippen molar-refractivity contribution in [1.82, 2.24) is 19.6 Å². The third-order valence-corrected chi connectivity index (χ3v) is 8.28. The first kappa shape index (κ1) is 28.2. The molecule has 38 heavy (non-hydrogen) atoms. The third-order valence-electron chi connectivity index (χ3n) is 8.28. The smallest absolute Gasteiger partial charge is 0.319 e. The second kappa shape index (κ2) is 12.8. The first-order valence-corrected chi connectivity index (χ1v) is 14.0. The van der Waals surface area contributed by atoms with Gasteiger partial charge in [-0.25, -0.2) is 4.79 Å². The Morgan fingerprint density at radius 1 is 1.21 bits per heavy atom. The summed E-state index contributed by atoms with van der Waals surface area (Å²) in [4.78, 5) is 46.1. The quantitative estimate of drug-likeness (QED) is 0.400. The lowest BCUT2D eigenvalue weighted by molar-refractivity contribution is -0.143. The Morgan fingerprint density at radius 2 is 2.00 bits per heavy atom. The van der Waals surface area contributed by atoms with Crippen LogP contribution in [-0.4, -0.2) is 115 Å². The Bertz CT molecular complexity index is 996. The molecule has 0 radical (unpaired) electrons. The number of nitrogens with two attached hydrogens (primary N) is 1. The summed E-state index contributed by atoms with van der Waals surface area (Å²) in [5.41, 5.74) is 7.81. The normalized spacial score (nSPS) is 23.1. The van der Waals surface area contributed by atoms with E-state index in [0.717, 1.165) is 42.6 Å². The molecule has 3 N–H and O–H groups in total. The van der Waals surface area contributed by atoms with E-state index in [4.69, 9.17) is 10.5 Å². The van der Waals surface area contributed by atoms with Gasteiger partial charge in [-0.1, -0.05) is 25.5 Å². The van der Waals surface area contributed by atoms with Gasteiger partial charge in [0.1, 0.15) is 5.75 Å². The van der Waals surface area contributed by atoms with E-state index in [1.807, 2.05) is 17.0 Å². The van der Waals surface area contributed by atoms with Crippen LogP contribution in [0.25, 0.3) is 0 Å². The summed E-state index contributed by atoms with van der Waals surface area (Å²) < 4.78 is 5.66. The van der Waals surface area contributed by atoms with Gasteiger partial charge in [-0.3, -0.25) is 14.5 Å². The zero-order chi connectivity index (χ0) is 27.2. The Labute approximate surface area is 225 Å². The minimum atomic E-state index is -0.859. The summed E-state index contributed by atoms with van der Waals surface area (Å²) in [7, 11) is 1.78. The van der Waals surface area contributed by atoms with Gasteiger partial charge in [-0.15, -0.1) is 0 Å². The molecule has 10 heteroatoms. The van der Waals surface area contributed by atoms with Crippen molar-refractivity contribution in [2.75, 3.05) is 66.0 Å². The molecule has 0 aromatic heterocycles. The number of ether oxygens (including phenoxy) is 1. The number of benzene rings is 1. The average Bonchev–Trinajstić information content (AvgIpc) is 3.60. The monoisotopic (exact) mass is 529 g/mol. The first-order valence-electron chi connectivity index (χ1n) is 14.0. The number of likely N-dealkylation sites (tertiary alicyclic amines) is 1. The fourth-order valence-electron chi connectivity index (χ4n) is 6.09. The fourth-order valence-corrected chi connectivity index (χ4v) is 6.09. The molecule has 1 aromatic carbocycles. The third kappa shape index (κ3) is 6.23. The number of rotatable bonds is 13. The highest BCUT2D eigenvalue weighted by molar-refractivity contribution is 5.79. The molecule has 1 unspecified atom stereocenters. The van der Waals surface area contributed by atoms with Gasteiger partial charge < -0.3 is 30.3 Å². The standard InChI is InChI=1S/C28H43N5O5/c1-3-4-11-31(12-5-10-29)25(34)19-33-18-22(20-6-7-24-21(17-20)9-16-38-24)26(27(35)36)23(33)8-13-32-15-14-30(2)28(32)37/h6-7,17,22-23,26H,3-5,8-16,18-19,29H2,1-2H3,(H,35,36)/t22-,23+,26?/m1/s1. The van der Waals surface area contributed by atoms with Gasteiger partial charge in [0.2, 0.25) is 5.91 Å². The number of fused-ring (bicyclic) bond motifs is 1. The first-order chi connectivity index (χ1) is 18.3. The lowest BCUT2D eigenvalue weighted by atomic mass is 9.83. The topological polar surface area (TPSA) is 120 Å². The van der Waals surface area contributed by atoms with Crippen LogP contribution in [0.5, 0.6) is 5.75 Å². The van der Waals surface area contributed by atoms with E-state index in [1.54, 1.807) is 16.8 Å². The number of carboxylic acid groups (broad SMARTS) is 1. The van der Waals surface area contributed by atoms with Crippen molar-refractivity contribution >= 4 is 17.9 Å². The molecule has 10 nitrogen and oxygen atoms in total. The fraction of sp³-hybridized carbons (Fsp3) is 0.679. The molecular formula is C28H43N5O5. The highest BCUT2D eigenvalue weighted by Crippen LogP contribution is 2.41. The van der Waals surface area contributed by atoms with Gasteiger partial charge in [0.25, 0.3) is 0 Å². The summed E-state index contributed by atoms with van der Waals surface area (Å²) in [6.45, 7) is 6.98. The van der Waals surface area contributed by atoms with Crippen LogP contribution >= 0.6 is 0 Å². The molecule has 3 atom stereocenters. The molecule has 3 aliphatic heterocycles. The van der Waals surface area contributed by atoms with Gasteiger partial charge in [-0.2, -0.15) is 0 Å². The highest BCUT2D eigenvalue weighted by Gasteiger charge is 2.47. The van der Waals surface area contributed by atoms with Gasteiger partial charge in [0, 0.05) is 64.7 Å². The average molecular weight is 530 g/mol.